The number of hydrogen-bond donors (Lipinski definition) is 2. The van der Waals surface area contributed by atoms with Gasteiger partial charge in [-0.05, 0) is 25.7 Å². The van der Waals surface area contributed by atoms with E-state index in [1.165, 1.54) is 0 Å². The Kier molecular flexibility index (Phi) is 12.4. The van der Waals surface area contributed by atoms with Crippen LogP contribution in [0.25, 0.3) is 0 Å². The number of rotatable bonds is 13. The lowest BCUT2D eigenvalue weighted by atomic mass is 9.97. The van der Waals surface area contributed by atoms with Gasteiger partial charge in [-0.1, -0.05) is 53.4 Å². The van der Waals surface area contributed by atoms with Crippen LogP contribution >= 0.6 is 0 Å². The number of carbonyl (C=O) groups is 2. The van der Waals surface area contributed by atoms with Crippen LogP contribution in [0.5, 0.6) is 0 Å². The van der Waals surface area contributed by atoms with Crippen LogP contribution in [0.4, 0.5) is 0 Å². The first kappa shape index (κ1) is 25.9. The van der Waals surface area contributed by atoms with Crippen molar-refractivity contribution < 1.29 is 34.0 Å². The molecule has 1 rings (SSSR count). The molecule has 0 bridgehead atoms. The number of ether oxygens (including phenoxy) is 3. The van der Waals surface area contributed by atoms with Crippen LogP contribution in [-0.4, -0.2) is 53.4 Å². The second-order valence-corrected chi connectivity index (χ2v) is 8.01. The van der Waals surface area contributed by atoms with Gasteiger partial charge in [0.15, 0.2) is 6.29 Å². The SMILES string of the molecule is CCCC(CCC)C(=O)OC[C@H]1O[C@H](O)C[C@@H](OC(=O)C(CCC)CCC)[C@@H]1O. The van der Waals surface area contributed by atoms with Crippen molar-refractivity contribution in [2.45, 2.75) is 110 Å². The third-order valence-corrected chi connectivity index (χ3v) is 5.40. The summed E-state index contributed by atoms with van der Waals surface area (Å²) in [6, 6.07) is 0. The summed E-state index contributed by atoms with van der Waals surface area (Å²) in [5.74, 6) is -1.05. The van der Waals surface area contributed by atoms with Crippen LogP contribution in [0.2, 0.25) is 0 Å². The summed E-state index contributed by atoms with van der Waals surface area (Å²) in [5, 5.41) is 20.6. The summed E-state index contributed by atoms with van der Waals surface area (Å²) in [6.45, 7) is 7.88. The van der Waals surface area contributed by atoms with E-state index in [2.05, 4.69) is 0 Å². The Labute approximate surface area is 175 Å². The van der Waals surface area contributed by atoms with Crippen molar-refractivity contribution in [2.75, 3.05) is 6.61 Å². The molecule has 0 aliphatic carbocycles. The lowest BCUT2D eigenvalue weighted by Gasteiger charge is -2.37. The van der Waals surface area contributed by atoms with Gasteiger partial charge in [-0.15, -0.1) is 0 Å². The lowest BCUT2D eigenvalue weighted by Crippen LogP contribution is -2.52. The second kappa shape index (κ2) is 13.9. The fraction of sp³-hybridized carbons (Fsp3) is 0.909. The highest BCUT2D eigenvalue weighted by molar-refractivity contribution is 5.73. The maximum absolute atomic E-state index is 12.5. The van der Waals surface area contributed by atoms with E-state index in [0.29, 0.717) is 0 Å². The molecule has 2 N–H and O–H groups in total. The number of aliphatic hydroxyl groups excluding tert-OH is 2. The van der Waals surface area contributed by atoms with Crippen molar-refractivity contribution in [3.8, 4) is 0 Å². The zero-order valence-corrected chi connectivity index (χ0v) is 18.5. The molecule has 0 aromatic rings. The van der Waals surface area contributed by atoms with Gasteiger partial charge >= 0.3 is 11.9 Å². The smallest absolute Gasteiger partial charge is 0.309 e. The number of esters is 2. The largest absolute Gasteiger partial charge is 0.463 e. The van der Waals surface area contributed by atoms with E-state index in [1.54, 1.807) is 0 Å². The van der Waals surface area contributed by atoms with Crippen LogP contribution in [0.3, 0.4) is 0 Å². The van der Waals surface area contributed by atoms with Crippen LogP contribution in [-0.2, 0) is 23.8 Å². The van der Waals surface area contributed by atoms with Crippen molar-refractivity contribution in [1.82, 2.24) is 0 Å². The van der Waals surface area contributed by atoms with Gasteiger partial charge in [-0.25, -0.2) is 0 Å². The summed E-state index contributed by atoms with van der Waals surface area (Å²) >= 11 is 0. The second-order valence-electron chi connectivity index (χ2n) is 8.01. The molecular weight excluding hydrogens is 376 g/mol. The summed E-state index contributed by atoms with van der Waals surface area (Å²) in [5.41, 5.74) is 0. The molecule has 1 aliphatic heterocycles. The standard InChI is InChI=1S/C22H40O7/c1-5-9-15(10-6-2)21(25)27-14-18-20(24)17(13-19(23)28-18)29-22(26)16(11-7-3)12-8-4/h15-20,23-24H,5-14H2,1-4H3/t17-,18-,19+,20+/m1/s1. The predicted molar refractivity (Wildman–Crippen MR) is 109 cm³/mol. The van der Waals surface area contributed by atoms with Crippen LogP contribution in [0, 0.1) is 11.8 Å². The minimum absolute atomic E-state index is 0.00336. The first-order chi connectivity index (χ1) is 13.9. The Bertz CT molecular complexity index is 470. The minimum atomic E-state index is -1.18. The highest BCUT2D eigenvalue weighted by atomic mass is 16.6. The molecule has 1 saturated heterocycles. The predicted octanol–water partition coefficient (Wildman–Crippen LogP) is 3.34. The molecule has 0 aromatic heterocycles. The zero-order chi connectivity index (χ0) is 21.8. The van der Waals surface area contributed by atoms with E-state index >= 15 is 0 Å². The van der Waals surface area contributed by atoms with Gasteiger partial charge in [0.25, 0.3) is 0 Å². The van der Waals surface area contributed by atoms with Crippen LogP contribution in [0.15, 0.2) is 0 Å². The van der Waals surface area contributed by atoms with Gasteiger partial charge in [-0.3, -0.25) is 9.59 Å². The molecule has 0 amide bonds. The minimum Gasteiger partial charge on any atom is -0.463 e. The average molecular weight is 417 g/mol. The Morgan fingerprint density at radius 1 is 0.897 bits per heavy atom. The number of hydrogen-bond acceptors (Lipinski definition) is 7. The van der Waals surface area contributed by atoms with Crippen molar-refractivity contribution in [1.29, 1.82) is 0 Å². The molecule has 7 heteroatoms. The molecular formula is C22H40O7. The first-order valence-corrected chi connectivity index (χ1v) is 11.3. The quantitative estimate of drug-likeness (QED) is 0.444. The van der Waals surface area contributed by atoms with E-state index in [-0.39, 0.29) is 36.8 Å². The summed E-state index contributed by atoms with van der Waals surface area (Å²) in [6.07, 6.45) is 2.31. The van der Waals surface area contributed by atoms with E-state index in [0.717, 1.165) is 51.4 Å². The fourth-order valence-corrected chi connectivity index (χ4v) is 3.85. The molecule has 4 atom stereocenters. The van der Waals surface area contributed by atoms with Gasteiger partial charge < -0.3 is 24.4 Å². The molecule has 0 radical (unpaired) electrons. The van der Waals surface area contributed by atoms with Crippen LogP contribution < -0.4 is 0 Å². The molecule has 1 fully saturated rings. The van der Waals surface area contributed by atoms with Gasteiger partial charge in [-0.2, -0.15) is 0 Å². The van der Waals surface area contributed by atoms with Crippen molar-refractivity contribution in [3.05, 3.63) is 0 Å². The molecule has 1 aliphatic rings. The summed E-state index contributed by atoms with van der Waals surface area (Å²) in [7, 11) is 0. The topological polar surface area (TPSA) is 102 Å². The Balaban J connectivity index is 2.67. The lowest BCUT2D eigenvalue weighted by molar-refractivity contribution is -0.249. The molecule has 170 valence electrons. The number of aliphatic hydroxyl groups is 2. The van der Waals surface area contributed by atoms with Crippen molar-refractivity contribution in [3.63, 3.8) is 0 Å². The van der Waals surface area contributed by atoms with Gasteiger partial charge in [0.05, 0.1) is 11.8 Å². The first-order valence-electron chi connectivity index (χ1n) is 11.3. The van der Waals surface area contributed by atoms with E-state index in [1.807, 2.05) is 27.7 Å². The summed E-state index contributed by atoms with van der Waals surface area (Å²) < 4.78 is 16.3. The van der Waals surface area contributed by atoms with Gasteiger partial charge in [0, 0.05) is 6.42 Å². The average Bonchev–Trinajstić information content (AvgIpc) is 2.68. The maximum Gasteiger partial charge on any atom is 0.309 e. The number of carbonyl (C=O) groups excluding carboxylic acids is 2. The molecule has 0 unspecified atom stereocenters. The van der Waals surface area contributed by atoms with Crippen molar-refractivity contribution in [2.24, 2.45) is 11.8 Å². The Morgan fingerprint density at radius 2 is 1.38 bits per heavy atom. The molecule has 0 spiro atoms. The van der Waals surface area contributed by atoms with Gasteiger partial charge in [0.1, 0.15) is 24.9 Å². The molecule has 0 saturated carbocycles. The normalized spacial score (nSPS) is 24.7. The molecule has 29 heavy (non-hydrogen) atoms. The maximum atomic E-state index is 12.5. The van der Waals surface area contributed by atoms with Crippen LogP contribution in [0.1, 0.15) is 85.5 Å². The van der Waals surface area contributed by atoms with E-state index in [4.69, 9.17) is 14.2 Å². The third kappa shape index (κ3) is 8.60. The Morgan fingerprint density at radius 3 is 1.86 bits per heavy atom. The summed E-state index contributed by atoms with van der Waals surface area (Å²) in [4.78, 5) is 24.8. The van der Waals surface area contributed by atoms with E-state index < -0.39 is 24.6 Å². The zero-order valence-electron chi connectivity index (χ0n) is 18.5. The van der Waals surface area contributed by atoms with Gasteiger partial charge in [0.2, 0.25) is 0 Å². The van der Waals surface area contributed by atoms with Crippen molar-refractivity contribution >= 4 is 11.9 Å². The highest BCUT2D eigenvalue weighted by Crippen LogP contribution is 2.25. The Hall–Kier alpha value is -1.18. The molecule has 1 heterocycles. The highest BCUT2D eigenvalue weighted by Gasteiger charge is 2.41. The van der Waals surface area contributed by atoms with E-state index in [9.17, 15) is 19.8 Å². The fourth-order valence-electron chi connectivity index (χ4n) is 3.85. The molecule has 7 nitrogen and oxygen atoms in total. The monoisotopic (exact) mass is 416 g/mol. The third-order valence-electron chi connectivity index (χ3n) is 5.40. The molecule has 0 aromatic carbocycles.